The normalized spacial score (nSPS) is 13.6. The molecule has 0 saturated carbocycles. The number of anilines is 3. The third-order valence-electron chi connectivity index (χ3n) is 6.01. The summed E-state index contributed by atoms with van der Waals surface area (Å²) in [4.78, 5) is 35.0. The van der Waals surface area contributed by atoms with Gasteiger partial charge in [0.2, 0.25) is 5.91 Å². The van der Waals surface area contributed by atoms with Crippen LogP contribution in [0, 0.1) is 6.92 Å². The fourth-order valence-electron chi connectivity index (χ4n) is 4.23. The average Bonchev–Trinajstić information content (AvgIpc) is 3.35. The summed E-state index contributed by atoms with van der Waals surface area (Å²) < 4.78 is 7.27. The Morgan fingerprint density at radius 2 is 1.89 bits per heavy atom. The molecular weight excluding hydrogens is 444 g/mol. The van der Waals surface area contributed by atoms with Crippen LogP contribution in [0.1, 0.15) is 22.8 Å². The fraction of sp³-hybridized carbons (Fsp3) is 0.231. The van der Waals surface area contributed by atoms with E-state index in [0.29, 0.717) is 37.7 Å². The van der Waals surface area contributed by atoms with Gasteiger partial charge in [-0.1, -0.05) is 12.1 Å². The number of amides is 2. The van der Waals surface area contributed by atoms with E-state index in [-0.39, 0.29) is 11.8 Å². The maximum atomic E-state index is 12.7. The minimum absolute atomic E-state index is 0.0421. The number of carbonyl (C=O) groups excluding carboxylic acids is 2. The van der Waals surface area contributed by atoms with E-state index in [1.165, 1.54) is 6.92 Å². The number of nitrogens with zero attached hydrogens (tertiary/aromatic N) is 4. The summed E-state index contributed by atoms with van der Waals surface area (Å²) in [5, 5.41) is 6.23. The minimum atomic E-state index is -0.112. The Morgan fingerprint density at radius 3 is 2.63 bits per heavy atom. The van der Waals surface area contributed by atoms with Gasteiger partial charge in [0, 0.05) is 56.1 Å². The average molecular weight is 471 g/mol. The number of morpholine rings is 1. The van der Waals surface area contributed by atoms with Gasteiger partial charge in [0.25, 0.3) is 5.91 Å². The van der Waals surface area contributed by atoms with Crippen LogP contribution in [0.25, 0.3) is 16.8 Å². The van der Waals surface area contributed by atoms with Gasteiger partial charge in [-0.2, -0.15) is 0 Å². The Hall–Kier alpha value is -4.24. The van der Waals surface area contributed by atoms with E-state index in [9.17, 15) is 9.59 Å². The molecule has 3 aromatic heterocycles. The van der Waals surface area contributed by atoms with E-state index in [4.69, 9.17) is 4.74 Å². The highest BCUT2D eigenvalue weighted by Gasteiger charge is 2.19. The van der Waals surface area contributed by atoms with Gasteiger partial charge in [-0.3, -0.25) is 9.59 Å². The van der Waals surface area contributed by atoms with E-state index < -0.39 is 0 Å². The fourth-order valence-corrected chi connectivity index (χ4v) is 4.23. The molecule has 0 atom stereocenters. The molecule has 0 bridgehead atoms. The zero-order chi connectivity index (χ0) is 24.4. The SMILES string of the molecule is CC(=O)Nc1cccc(-c2cc(Nc3ccc(C(=O)N4CCOCC4)cn3)c3nccn3c2)c1C. The first kappa shape index (κ1) is 22.5. The van der Waals surface area contributed by atoms with Gasteiger partial charge in [-0.05, 0) is 42.3 Å². The summed E-state index contributed by atoms with van der Waals surface area (Å²) in [5.74, 6) is 0.452. The van der Waals surface area contributed by atoms with Gasteiger partial charge >= 0.3 is 0 Å². The lowest BCUT2D eigenvalue weighted by molar-refractivity contribution is -0.114. The summed E-state index contributed by atoms with van der Waals surface area (Å²) in [6.45, 7) is 5.78. The monoisotopic (exact) mass is 470 g/mol. The third-order valence-corrected chi connectivity index (χ3v) is 6.01. The molecule has 178 valence electrons. The Bertz CT molecular complexity index is 1390. The van der Waals surface area contributed by atoms with Gasteiger partial charge in [0.05, 0.1) is 24.5 Å². The van der Waals surface area contributed by atoms with Gasteiger partial charge in [-0.15, -0.1) is 0 Å². The molecule has 0 spiro atoms. The summed E-state index contributed by atoms with van der Waals surface area (Å²) in [6.07, 6.45) is 7.22. The van der Waals surface area contributed by atoms with E-state index >= 15 is 0 Å². The van der Waals surface area contributed by atoms with Crippen molar-refractivity contribution in [3.63, 3.8) is 0 Å². The van der Waals surface area contributed by atoms with Gasteiger partial charge < -0.3 is 24.7 Å². The quantitative estimate of drug-likeness (QED) is 0.459. The first-order valence-electron chi connectivity index (χ1n) is 11.4. The molecule has 0 aliphatic carbocycles. The summed E-state index contributed by atoms with van der Waals surface area (Å²) in [6, 6.07) is 11.4. The van der Waals surface area contributed by atoms with Crippen LogP contribution in [0.4, 0.5) is 17.2 Å². The molecule has 4 aromatic rings. The van der Waals surface area contributed by atoms with Crippen molar-refractivity contribution in [3.8, 4) is 11.1 Å². The highest BCUT2D eigenvalue weighted by molar-refractivity contribution is 5.94. The number of imidazole rings is 1. The Morgan fingerprint density at radius 1 is 1.06 bits per heavy atom. The smallest absolute Gasteiger partial charge is 0.255 e. The predicted octanol–water partition coefficient (Wildman–Crippen LogP) is 3.88. The molecule has 35 heavy (non-hydrogen) atoms. The number of benzene rings is 1. The number of ether oxygens (including phenoxy) is 1. The molecule has 5 rings (SSSR count). The topological polar surface area (TPSA) is 101 Å². The minimum Gasteiger partial charge on any atom is -0.378 e. The van der Waals surface area contributed by atoms with Crippen molar-refractivity contribution in [2.24, 2.45) is 0 Å². The Kier molecular flexibility index (Phi) is 6.15. The molecule has 0 unspecified atom stereocenters. The molecule has 1 saturated heterocycles. The maximum Gasteiger partial charge on any atom is 0.255 e. The second-order valence-corrected chi connectivity index (χ2v) is 8.42. The summed E-state index contributed by atoms with van der Waals surface area (Å²) in [5.41, 5.74) is 5.77. The van der Waals surface area contributed by atoms with Gasteiger partial charge in [0.15, 0.2) is 5.65 Å². The first-order chi connectivity index (χ1) is 17.0. The lowest BCUT2D eigenvalue weighted by atomic mass is 10.00. The van der Waals surface area contributed by atoms with E-state index in [0.717, 1.165) is 33.7 Å². The highest BCUT2D eigenvalue weighted by atomic mass is 16.5. The number of nitrogens with one attached hydrogen (secondary N) is 2. The van der Waals surface area contributed by atoms with Crippen molar-refractivity contribution in [1.82, 2.24) is 19.3 Å². The van der Waals surface area contributed by atoms with Gasteiger partial charge in [-0.25, -0.2) is 9.97 Å². The molecule has 9 heteroatoms. The number of carbonyl (C=O) groups is 2. The van der Waals surface area contributed by atoms with Crippen LogP contribution in [0.15, 0.2) is 61.2 Å². The van der Waals surface area contributed by atoms with Crippen LogP contribution < -0.4 is 10.6 Å². The van der Waals surface area contributed by atoms with Crippen molar-refractivity contribution in [1.29, 1.82) is 0 Å². The number of hydrogen-bond acceptors (Lipinski definition) is 6. The van der Waals surface area contributed by atoms with E-state index in [2.05, 4.69) is 20.6 Å². The molecule has 9 nitrogen and oxygen atoms in total. The number of hydrogen-bond donors (Lipinski definition) is 2. The zero-order valence-corrected chi connectivity index (χ0v) is 19.6. The zero-order valence-electron chi connectivity index (χ0n) is 19.6. The molecule has 1 aliphatic rings. The molecule has 4 heterocycles. The van der Waals surface area contributed by atoms with Crippen LogP contribution in [-0.2, 0) is 9.53 Å². The number of pyridine rings is 2. The highest BCUT2D eigenvalue weighted by Crippen LogP contribution is 2.32. The number of fused-ring (bicyclic) bond motifs is 1. The molecule has 1 aliphatic heterocycles. The van der Waals surface area contributed by atoms with Crippen molar-refractivity contribution in [2.45, 2.75) is 13.8 Å². The maximum absolute atomic E-state index is 12.7. The van der Waals surface area contributed by atoms with E-state index in [1.54, 1.807) is 29.4 Å². The first-order valence-corrected chi connectivity index (χ1v) is 11.4. The van der Waals surface area contributed by atoms with Crippen molar-refractivity contribution in [3.05, 3.63) is 72.3 Å². The lowest BCUT2D eigenvalue weighted by Gasteiger charge is -2.26. The molecule has 2 amide bonds. The largest absolute Gasteiger partial charge is 0.378 e. The second-order valence-electron chi connectivity index (χ2n) is 8.42. The molecule has 0 radical (unpaired) electrons. The molecule has 2 N–H and O–H groups in total. The second kappa shape index (κ2) is 9.55. The van der Waals surface area contributed by atoms with Gasteiger partial charge in [0.1, 0.15) is 5.82 Å². The number of aromatic nitrogens is 3. The standard InChI is InChI=1S/C26H26N6O3/c1-17-21(4-3-5-22(17)29-18(2)33)20-14-23(25-27-8-9-32(25)16-20)30-24-7-6-19(15-28-24)26(34)31-10-12-35-13-11-31/h3-9,14-16H,10-13H2,1-2H3,(H,28,30)(H,29,33). The van der Waals surface area contributed by atoms with Crippen LogP contribution >= 0.6 is 0 Å². The predicted molar refractivity (Wildman–Crippen MR) is 134 cm³/mol. The summed E-state index contributed by atoms with van der Waals surface area (Å²) in [7, 11) is 0. The van der Waals surface area contributed by atoms with Crippen LogP contribution in [-0.4, -0.2) is 57.4 Å². The Balaban J connectivity index is 1.44. The van der Waals surface area contributed by atoms with Crippen LogP contribution in [0.5, 0.6) is 0 Å². The van der Waals surface area contributed by atoms with E-state index in [1.807, 2.05) is 48.0 Å². The van der Waals surface area contributed by atoms with Crippen LogP contribution in [0.3, 0.4) is 0 Å². The lowest BCUT2D eigenvalue weighted by Crippen LogP contribution is -2.40. The van der Waals surface area contributed by atoms with Crippen molar-refractivity contribution in [2.75, 3.05) is 36.9 Å². The van der Waals surface area contributed by atoms with Crippen molar-refractivity contribution >= 4 is 34.7 Å². The number of rotatable bonds is 5. The van der Waals surface area contributed by atoms with Crippen molar-refractivity contribution < 1.29 is 14.3 Å². The molecular formula is C26H26N6O3. The van der Waals surface area contributed by atoms with Crippen LogP contribution in [0.2, 0.25) is 0 Å². The third kappa shape index (κ3) is 4.71. The molecule has 1 aromatic carbocycles. The molecule has 1 fully saturated rings. The Labute approximate surface area is 202 Å². The summed E-state index contributed by atoms with van der Waals surface area (Å²) >= 11 is 0.